The highest BCUT2D eigenvalue weighted by molar-refractivity contribution is 7.98. The van der Waals surface area contributed by atoms with Crippen LogP contribution in [0.15, 0.2) is 12.1 Å². The van der Waals surface area contributed by atoms with Crippen LogP contribution in [0.5, 0.6) is 0 Å². The molecule has 4 nitrogen and oxygen atoms in total. The lowest BCUT2D eigenvalue weighted by Crippen LogP contribution is -2.14. The Morgan fingerprint density at radius 2 is 2.47 bits per heavy atom. The number of aliphatic carboxylic acids is 1. The summed E-state index contributed by atoms with van der Waals surface area (Å²) in [6, 6.07) is 3.88. The molecule has 80 valence electrons. The molecule has 2 rings (SSSR count). The van der Waals surface area contributed by atoms with Crippen molar-refractivity contribution >= 4 is 23.5 Å². The number of hydrogen-bond donors (Lipinski definition) is 2. The van der Waals surface area contributed by atoms with Gasteiger partial charge in [-0.05, 0) is 23.8 Å². The lowest BCUT2D eigenvalue weighted by Gasteiger charge is -2.15. The van der Waals surface area contributed by atoms with Crippen molar-refractivity contribution in [2.75, 3.05) is 17.6 Å². The predicted molar refractivity (Wildman–Crippen MR) is 60.2 cm³/mol. The smallest absolute Gasteiger partial charge is 0.322 e. The zero-order valence-electron chi connectivity index (χ0n) is 8.19. The molecule has 2 heterocycles. The topological polar surface area (TPSA) is 62.2 Å². The molecule has 0 amide bonds. The van der Waals surface area contributed by atoms with E-state index in [0.717, 1.165) is 23.6 Å². The number of pyridine rings is 1. The Kier molecular flexibility index (Phi) is 3.11. The van der Waals surface area contributed by atoms with Gasteiger partial charge in [0.25, 0.3) is 0 Å². The second-order valence-electron chi connectivity index (χ2n) is 3.35. The molecule has 0 aromatic carbocycles. The van der Waals surface area contributed by atoms with Crippen molar-refractivity contribution in [3.8, 4) is 0 Å². The van der Waals surface area contributed by atoms with Gasteiger partial charge in [-0.3, -0.25) is 4.79 Å². The molecule has 0 atom stereocenters. The minimum atomic E-state index is -0.871. The maximum absolute atomic E-state index is 10.4. The molecule has 0 aliphatic carbocycles. The molecule has 0 bridgehead atoms. The van der Waals surface area contributed by atoms with E-state index in [0.29, 0.717) is 5.82 Å². The standard InChI is InChI=1S/C10H12N2O2S/c13-10(14)5-11-9-2-1-7-3-4-15-6-8(7)12-9/h1-2H,3-6H2,(H,11,12)(H,13,14). The maximum Gasteiger partial charge on any atom is 0.322 e. The average Bonchev–Trinajstić information content (AvgIpc) is 2.26. The quantitative estimate of drug-likeness (QED) is 0.812. The summed E-state index contributed by atoms with van der Waals surface area (Å²) in [6.45, 7) is -0.0844. The highest BCUT2D eigenvalue weighted by atomic mass is 32.2. The van der Waals surface area contributed by atoms with E-state index in [9.17, 15) is 4.79 Å². The van der Waals surface area contributed by atoms with E-state index >= 15 is 0 Å². The Balaban J connectivity index is 2.10. The fourth-order valence-corrected chi connectivity index (χ4v) is 2.45. The van der Waals surface area contributed by atoms with Crippen molar-refractivity contribution in [3.05, 3.63) is 23.4 Å². The summed E-state index contributed by atoms with van der Waals surface area (Å²) < 4.78 is 0. The Bertz CT molecular complexity index is 382. The number of nitrogens with zero attached hydrogens (tertiary/aromatic N) is 1. The Hall–Kier alpha value is -1.23. The Morgan fingerprint density at radius 3 is 3.27 bits per heavy atom. The summed E-state index contributed by atoms with van der Waals surface area (Å²) in [6.07, 6.45) is 1.06. The number of rotatable bonds is 3. The van der Waals surface area contributed by atoms with Crippen molar-refractivity contribution in [3.63, 3.8) is 0 Å². The zero-order chi connectivity index (χ0) is 10.7. The van der Waals surface area contributed by atoms with Crippen LogP contribution in [-0.4, -0.2) is 28.4 Å². The fourth-order valence-electron chi connectivity index (χ4n) is 1.50. The van der Waals surface area contributed by atoms with Gasteiger partial charge in [-0.15, -0.1) is 0 Å². The number of aryl methyl sites for hydroxylation is 1. The Morgan fingerprint density at radius 1 is 1.60 bits per heavy atom. The number of thioether (sulfide) groups is 1. The summed E-state index contributed by atoms with van der Waals surface area (Å²) in [5.74, 6) is 1.86. The lowest BCUT2D eigenvalue weighted by atomic mass is 10.1. The van der Waals surface area contributed by atoms with Crippen LogP contribution >= 0.6 is 11.8 Å². The first-order valence-electron chi connectivity index (χ1n) is 4.78. The second-order valence-corrected chi connectivity index (χ2v) is 4.46. The SMILES string of the molecule is O=C(O)CNc1ccc2c(n1)CSCC2. The third-order valence-electron chi connectivity index (χ3n) is 2.24. The summed E-state index contributed by atoms with van der Waals surface area (Å²) >= 11 is 1.86. The Labute approximate surface area is 92.1 Å². The van der Waals surface area contributed by atoms with E-state index in [1.165, 1.54) is 5.56 Å². The number of carboxylic acid groups (broad SMARTS) is 1. The molecular formula is C10H12N2O2S. The van der Waals surface area contributed by atoms with Crippen LogP contribution in [0.3, 0.4) is 0 Å². The molecule has 0 saturated heterocycles. The monoisotopic (exact) mass is 224 g/mol. The van der Waals surface area contributed by atoms with Crippen molar-refractivity contribution < 1.29 is 9.90 Å². The van der Waals surface area contributed by atoms with Crippen LogP contribution in [-0.2, 0) is 17.0 Å². The van der Waals surface area contributed by atoms with E-state index < -0.39 is 5.97 Å². The largest absolute Gasteiger partial charge is 0.480 e. The number of aromatic nitrogens is 1. The lowest BCUT2D eigenvalue weighted by molar-refractivity contribution is -0.134. The molecule has 0 spiro atoms. The molecule has 0 unspecified atom stereocenters. The minimum Gasteiger partial charge on any atom is -0.480 e. The van der Waals surface area contributed by atoms with Crippen LogP contribution in [0.1, 0.15) is 11.3 Å². The van der Waals surface area contributed by atoms with E-state index in [4.69, 9.17) is 5.11 Å². The van der Waals surface area contributed by atoms with Gasteiger partial charge in [0.15, 0.2) is 0 Å². The van der Waals surface area contributed by atoms with Gasteiger partial charge in [-0.1, -0.05) is 6.07 Å². The number of carboxylic acids is 1. The molecule has 1 aromatic heterocycles. The molecule has 15 heavy (non-hydrogen) atoms. The van der Waals surface area contributed by atoms with Gasteiger partial charge in [-0.2, -0.15) is 11.8 Å². The molecule has 0 fully saturated rings. The molecule has 5 heteroatoms. The zero-order valence-corrected chi connectivity index (χ0v) is 9.01. The molecule has 0 radical (unpaired) electrons. The predicted octanol–water partition coefficient (Wildman–Crippen LogP) is 1.37. The van der Waals surface area contributed by atoms with E-state index in [2.05, 4.69) is 10.3 Å². The van der Waals surface area contributed by atoms with Crippen molar-refractivity contribution in [1.29, 1.82) is 0 Å². The number of hydrogen-bond acceptors (Lipinski definition) is 4. The summed E-state index contributed by atoms with van der Waals surface area (Å²) in [7, 11) is 0. The third kappa shape index (κ3) is 2.62. The van der Waals surface area contributed by atoms with Crippen LogP contribution in [0.4, 0.5) is 5.82 Å². The number of carbonyl (C=O) groups is 1. The normalized spacial score (nSPS) is 14.4. The number of fused-ring (bicyclic) bond motifs is 1. The molecule has 1 aromatic rings. The van der Waals surface area contributed by atoms with E-state index in [1.807, 2.05) is 23.9 Å². The first kappa shape index (κ1) is 10.3. The molecule has 1 aliphatic heterocycles. The van der Waals surface area contributed by atoms with Gasteiger partial charge < -0.3 is 10.4 Å². The highest BCUT2D eigenvalue weighted by Crippen LogP contribution is 2.23. The molecule has 1 aliphatic rings. The molecular weight excluding hydrogens is 212 g/mol. The highest BCUT2D eigenvalue weighted by Gasteiger charge is 2.11. The van der Waals surface area contributed by atoms with Gasteiger partial charge in [0, 0.05) is 5.75 Å². The van der Waals surface area contributed by atoms with Crippen LogP contribution < -0.4 is 5.32 Å². The van der Waals surface area contributed by atoms with Gasteiger partial charge in [0.1, 0.15) is 12.4 Å². The van der Waals surface area contributed by atoms with Crippen LogP contribution in [0.2, 0.25) is 0 Å². The van der Waals surface area contributed by atoms with Crippen molar-refractivity contribution in [2.24, 2.45) is 0 Å². The first-order chi connectivity index (χ1) is 7.25. The van der Waals surface area contributed by atoms with Crippen LogP contribution in [0.25, 0.3) is 0 Å². The average molecular weight is 224 g/mol. The minimum absolute atomic E-state index is 0.0844. The van der Waals surface area contributed by atoms with Gasteiger partial charge in [-0.25, -0.2) is 4.98 Å². The van der Waals surface area contributed by atoms with Crippen molar-refractivity contribution in [1.82, 2.24) is 4.98 Å². The van der Waals surface area contributed by atoms with Gasteiger partial charge in [0.05, 0.1) is 5.69 Å². The fraction of sp³-hybridized carbons (Fsp3) is 0.400. The first-order valence-corrected chi connectivity index (χ1v) is 5.93. The molecule has 2 N–H and O–H groups in total. The van der Waals surface area contributed by atoms with Crippen molar-refractivity contribution in [2.45, 2.75) is 12.2 Å². The van der Waals surface area contributed by atoms with Gasteiger partial charge in [0.2, 0.25) is 0 Å². The second kappa shape index (κ2) is 4.53. The van der Waals surface area contributed by atoms with E-state index in [-0.39, 0.29) is 6.54 Å². The van der Waals surface area contributed by atoms with Gasteiger partial charge >= 0.3 is 5.97 Å². The number of anilines is 1. The van der Waals surface area contributed by atoms with Crippen LogP contribution in [0, 0.1) is 0 Å². The third-order valence-corrected chi connectivity index (χ3v) is 3.21. The maximum atomic E-state index is 10.4. The van der Waals surface area contributed by atoms with E-state index in [1.54, 1.807) is 0 Å². The number of nitrogens with one attached hydrogen (secondary N) is 1. The molecule has 0 saturated carbocycles. The summed E-state index contributed by atoms with van der Waals surface area (Å²) in [5.41, 5.74) is 2.37. The summed E-state index contributed by atoms with van der Waals surface area (Å²) in [4.78, 5) is 14.8. The summed E-state index contributed by atoms with van der Waals surface area (Å²) in [5, 5.41) is 11.3.